The number of carbonyl (C=O) groups is 1. The molecule has 0 unspecified atom stereocenters. The topological polar surface area (TPSA) is 60.7 Å². The summed E-state index contributed by atoms with van der Waals surface area (Å²) in [5.41, 5.74) is 3.93. The van der Waals surface area contributed by atoms with Gasteiger partial charge in [0, 0.05) is 17.5 Å². The third kappa shape index (κ3) is 3.18. The summed E-state index contributed by atoms with van der Waals surface area (Å²) in [6, 6.07) is 11.8. The zero-order valence-corrected chi connectivity index (χ0v) is 14.0. The van der Waals surface area contributed by atoms with Gasteiger partial charge in [0.25, 0.3) is 0 Å². The maximum absolute atomic E-state index is 12.3. The van der Waals surface area contributed by atoms with Crippen LogP contribution >= 0.6 is 0 Å². The predicted molar refractivity (Wildman–Crippen MR) is 93.7 cm³/mol. The fraction of sp³-hybridized carbons (Fsp3) is 0.250. The average Bonchev–Trinajstić information content (AvgIpc) is 3.26. The van der Waals surface area contributed by atoms with E-state index >= 15 is 0 Å². The van der Waals surface area contributed by atoms with Crippen molar-refractivity contribution in [3.05, 3.63) is 59.4 Å². The summed E-state index contributed by atoms with van der Waals surface area (Å²) in [6.07, 6.45) is 2.93. The van der Waals surface area contributed by atoms with E-state index in [4.69, 9.17) is 13.9 Å². The van der Waals surface area contributed by atoms with Gasteiger partial charge in [0.2, 0.25) is 12.7 Å². The molecule has 0 bridgehead atoms. The standard InChI is InChI=1S/C20H19NO4/c1-2-13-3-5-16-15(11-23-18(16)7-13)9-20(22)21-10-14-4-6-17-19(8-14)25-12-24-17/h3-8,11H,2,9-10,12H2,1H3,(H,21,22). The number of nitrogens with one attached hydrogen (secondary N) is 1. The molecule has 2 aromatic carbocycles. The maximum Gasteiger partial charge on any atom is 0.231 e. The van der Waals surface area contributed by atoms with Crippen molar-refractivity contribution < 1.29 is 18.7 Å². The molecule has 1 N–H and O–H groups in total. The summed E-state index contributed by atoms with van der Waals surface area (Å²) in [5, 5.41) is 3.93. The van der Waals surface area contributed by atoms with Gasteiger partial charge in [0.15, 0.2) is 11.5 Å². The number of furan rings is 1. The minimum atomic E-state index is -0.0417. The highest BCUT2D eigenvalue weighted by Crippen LogP contribution is 2.32. The molecular weight excluding hydrogens is 318 g/mol. The van der Waals surface area contributed by atoms with Gasteiger partial charge in [-0.25, -0.2) is 0 Å². The fourth-order valence-corrected chi connectivity index (χ4v) is 2.97. The van der Waals surface area contributed by atoms with E-state index < -0.39 is 0 Å². The predicted octanol–water partition coefficient (Wildman–Crippen LogP) is 3.58. The highest BCUT2D eigenvalue weighted by molar-refractivity contribution is 5.87. The van der Waals surface area contributed by atoms with Gasteiger partial charge >= 0.3 is 0 Å². The maximum atomic E-state index is 12.3. The number of benzene rings is 2. The molecule has 5 heteroatoms. The fourth-order valence-electron chi connectivity index (χ4n) is 2.97. The second kappa shape index (κ2) is 6.51. The van der Waals surface area contributed by atoms with E-state index in [1.807, 2.05) is 30.3 Å². The first-order valence-electron chi connectivity index (χ1n) is 8.37. The molecule has 5 nitrogen and oxygen atoms in total. The molecule has 1 aliphatic rings. The summed E-state index contributed by atoms with van der Waals surface area (Å²) in [7, 11) is 0. The lowest BCUT2D eigenvalue weighted by Gasteiger charge is -2.06. The van der Waals surface area contributed by atoms with Crippen LogP contribution in [0.2, 0.25) is 0 Å². The molecule has 1 amide bonds. The second-order valence-corrected chi connectivity index (χ2v) is 6.09. The minimum absolute atomic E-state index is 0.0417. The average molecular weight is 337 g/mol. The molecule has 1 aromatic heterocycles. The summed E-state index contributed by atoms with van der Waals surface area (Å²) < 4.78 is 16.2. The van der Waals surface area contributed by atoms with Crippen LogP contribution in [0, 0.1) is 0 Å². The van der Waals surface area contributed by atoms with E-state index in [-0.39, 0.29) is 12.7 Å². The van der Waals surface area contributed by atoms with Crippen LogP contribution in [-0.4, -0.2) is 12.7 Å². The molecule has 0 atom stereocenters. The van der Waals surface area contributed by atoms with Crippen molar-refractivity contribution in [3.63, 3.8) is 0 Å². The van der Waals surface area contributed by atoms with Gasteiger partial charge in [-0.1, -0.05) is 25.1 Å². The van der Waals surface area contributed by atoms with Crippen LogP contribution in [0.15, 0.2) is 47.1 Å². The molecule has 25 heavy (non-hydrogen) atoms. The quantitative estimate of drug-likeness (QED) is 0.773. The minimum Gasteiger partial charge on any atom is -0.464 e. The number of fused-ring (bicyclic) bond motifs is 2. The van der Waals surface area contributed by atoms with E-state index in [0.717, 1.165) is 40.0 Å². The third-order valence-corrected chi connectivity index (χ3v) is 4.41. The summed E-state index contributed by atoms with van der Waals surface area (Å²) in [6.45, 7) is 2.80. The second-order valence-electron chi connectivity index (χ2n) is 6.09. The zero-order chi connectivity index (χ0) is 17.2. The Morgan fingerprint density at radius 2 is 1.92 bits per heavy atom. The molecule has 128 valence electrons. The van der Waals surface area contributed by atoms with Gasteiger partial charge in [-0.15, -0.1) is 0 Å². The lowest BCUT2D eigenvalue weighted by Crippen LogP contribution is -2.24. The Balaban J connectivity index is 1.40. The Kier molecular flexibility index (Phi) is 4.06. The van der Waals surface area contributed by atoms with Crippen molar-refractivity contribution in [3.8, 4) is 11.5 Å². The van der Waals surface area contributed by atoms with E-state index in [9.17, 15) is 4.79 Å². The van der Waals surface area contributed by atoms with Crippen molar-refractivity contribution in [2.24, 2.45) is 0 Å². The molecule has 4 rings (SSSR count). The largest absolute Gasteiger partial charge is 0.464 e. The van der Waals surface area contributed by atoms with E-state index in [1.54, 1.807) is 6.26 Å². The molecule has 2 heterocycles. The molecule has 0 saturated carbocycles. The summed E-state index contributed by atoms with van der Waals surface area (Å²) in [5.74, 6) is 1.42. The Hall–Kier alpha value is -2.95. The van der Waals surface area contributed by atoms with Crippen LogP contribution in [0.25, 0.3) is 11.0 Å². The first kappa shape index (κ1) is 15.6. The van der Waals surface area contributed by atoms with Gasteiger partial charge < -0.3 is 19.2 Å². The van der Waals surface area contributed by atoms with Gasteiger partial charge in [-0.05, 0) is 35.7 Å². The Bertz CT molecular complexity index is 929. The van der Waals surface area contributed by atoms with E-state index in [2.05, 4.69) is 18.3 Å². The van der Waals surface area contributed by atoms with Crippen molar-refractivity contribution in [1.82, 2.24) is 5.32 Å². The SMILES string of the molecule is CCc1ccc2c(CC(=O)NCc3ccc4c(c3)OCO4)coc2c1. The van der Waals surface area contributed by atoms with Crippen LogP contribution < -0.4 is 14.8 Å². The lowest BCUT2D eigenvalue weighted by molar-refractivity contribution is -0.120. The summed E-state index contributed by atoms with van der Waals surface area (Å²) >= 11 is 0. The molecule has 0 saturated heterocycles. The first-order valence-corrected chi connectivity index (χ1v) is 8.37. The van der Waals surface area contributed by atoms with Gasteiger partial charge in [-0.2, -0.15) is 0 Å². The number of aryl methyl sites for hydroxylation is 1. The van der Waals surface area contributed by atoms with Crippen LogP contribution in [-0.2, 0) is 24.2 Å². The highest BCUT2D eigenvalue weighted by Gasteiger charge is 2.14. The van der Waals surface area contributed by atoms with Crippen LogP contribution in [0.1, 0.15) is 23.6 Å². The van der Waals surface area contributed by atoms with Gasteiger partial charge in [0.1, 0.15) is 5.58 Å². The number of amides is 1. The molecular formula is C20H19NO4. The first-order chi connectivity index (χ1) is 12.2. The number of rotatable bonds is 5. The highest BCUT2D eigenvalue weighted by atomic mass is 16.7. The smallest absolute Gasteiger partial charge is 0.231 e. The normalized spacial score (nSPS) is 12.5. The van der Waals surface area contributed by atoms with Crippen LogP contribution in [0.4, 0.5) is 0 Å². The van der Waals surface area contributed by atoms with E-state index in [1.165, 1.54) is 5.56 Å². The molecule has 1 aliphatic heterocycles. The molecule has 0 fully saturated rings. The number of hydrogen-bond donors (Lipinski definition) is 1. The van der Waals surface area contributed by atoms with Crippen molar-refractivity contribution in [2.75, 3.05) is 6.79 Å². The Morgan fingerprint density at radius 1 is 1.08 bits per heavy atom. The molecule has 3 aromatic rings. The number of hydrogen-bond acceptors (Lipinski definition) is 4. The van der Waals surface area contributed by atoms with E-state index in [0.29, 0.717) is 13.0 Å². The Morgan fingerprint density at radius 3 is 2.80 bits per heavy atom. The van der Waals surface area contributed by atoms with Crippen LogP contribution in [0.3, 0.4) is 0 Å². The van der Waals surface area contributed by atoms with Crippen LogP contribution in [0.5, 0.6) is 11.5 Å². The van der Waals surface area contributed by atoms with Gasteiger partial charge in [-0.3, -0.25) is 4.79 Å². The molecule has 0 spiro atoms. The number of ether oxygens (including phenoxy) is 2. The zero-order valence-electron chi connectivity index (χ0n) is 14.0. The summed E-state index contributed by atoms with van der Waals surface area (Å²) in [4.78, 5) is 12.3. The monoisotopic (exact) mass is 337 g/mol. The number of carbonyl (C=O) groups excluding carboxylic acids is 1. The van der Waals surface area contributed by atoms with Crippen molar-refractivity contribution in [2.45, 2.75) is 26.3 Å². The molecule has 0 aliphatic carbocycles. The van der Waals surface area contributed by atoms with Crippen molar-refractivity contribution >= 4 is 16.9 Å². The Labute approximate surface area is 145 Å². The van der Waals surface area contributed by atoms with Crippen molar-refractivity contribution in [1.29, 1.82) is 0 Å². The lowest BCUT2D eigenvalue weighted by atomic mass is 10.1. The molecule has 0 radical (unpaired) electrons. The third-order valence-electron chi connectivity index (χ3n) is 4.41. The van der Waals surface area contributed by atoms with Gasteiger partial charge in [0.05, 0.1) is 12.7 Å².